The molecule has 0 radical (unpaired) electrons. The van der Waals surface area contributed by atoms with E-state index in [4.69, 9.17) is 5.73 Å². The quantitative estimate of drug-likeness (QED) is 0.481. The van der Waals surface area contributed by atoms with Crippen LogP contribution in [0, 0.1) is 6.92 Å². The maximum absolute atomic E-state index is 11.5. The minimum atomic E-state index is -0.469. The van der Waals surface area contributed by atoms with Crippen LogP contribution < -0.4 is 27.0 Å². The molecule has 1 saturated heterocycles. The second-order valence-corrected chi connectivity index (χ2v) is 7.78. The number of carbonyl (C=O) groups is 1. The molecule has 29 heavy (non-hydrogen) atoms. The highest BCUT2D eigenvalue weighted by atomic mass is 16.1. The van der Waals surface area contributed by atoms with E-state index in [-0.39, 0.29) is 0 Å². The monoisotopic (exact) mass is 396 g/mol. The predicted molar refractivity (Wildman–Crippen MR) is 114 cm³/mol. The summed E-state index contributed by atoms with van der Waals surface area (Å²) in [6, 6.07) is 5.98. The SMILES string of the molecule is Cc1ccc(C(N)=O)cc1Nc1nc(NC2CCCC2)nc(N[C@@H]2CCNC2)n1. The summed E-state index contributed by atoms with van der Waals surface area (Å²) in [5, 5.41) is 13.4. The Hall–Kier alpha value is -2.94. The van der Waals surface area contributed by atoms with Crippen LogP contribution in [0.2, 0.25) is 0 Å². The van der Waals surface area contributed by atoms with Crippen molar-refractivity contribution in [3.05, 3.63) is 29.3 Å². The Labute approximate surface area is 170 Å². The lowest BCUT2D eigenvalue weighted by molar-refractivity contribution is 0.100. The van der Waals surface area contributed by atoms with E-state index in [2.05, 4.69) is 36.2 Å². The molecule has 6 N–H and O–H groups in total. The molecular formula is C20H28N8O. The van der Waals surface area contributed by atoms with Crippen LogP contribution in [0.3, 0.4) is 0 Å². The zero-order valence-corrected chi connectivity index (χ0v) is 16.7. The highest BCUT2D eigenvalue weighted by molar-refractivity contribution is 5.94. The van der Waals surface area contributed by atoms with Crippen molar-refractivity contribution < 1.29 is 4.79 Å². The van der Waals surface area contributed by atoms with Crippen molar-refractivity contribution in [3.8, 4) is 0 Å². The number of hydrogen-bond acceptors (Lipinski definition) is 8. The van der Waals surface area contributed by atoms with Gasteiger partial charge in [-0.3, -0.25) is 4.79 Å². The normalized spacial score (nSPS) is 19.3. The molecule has 1 aliphatic heterocycles. The van der Waals surface area contributed by atoms with E-state index in [1.807, 2.05) is 13.0 Å². The molecule has 0 bridgehead atoms. The van der Waals surface area contributed by atoms with Gasteiger partial charge in [0.2, 0.25) is 23.8 Å². The third kappa shape index (κ3) is 4.92. The van der Waals surface area contributed by atoms with Crippen LogP contribution in [0.15, 0.2) is 18.2 Å². The van der Waals surface area contributed by atoms with Gasteiger partial charge >= 0.3 is 0 Å². The molecule has 1 atom stereocenters. The second-order valence-electron chi connectivity index (χ2n) is 7.78. The van der Waals surface area contributed by atoms with Crippen LogP contribution in [0.1, 0.15) is 48.0 Å². The Morgan fingerprint density at radius 3 is 2.38 bits per heavy atom. The number of rotatable bonds is 7. The van der Waals surface area contributed by atoms with E-state index in [0.29, 0.717) is 35.5 Å². The van der Waals surface area contributed by atoms with Crippen molar-refractivity contribution in [1.29, 1.82) is 0 Å². The van der Waals surface area contributed by atoms with Crippen molar-refractivity contribution in [2.75, 3.05) is 29.0 Å². The molecule has 0 unspecified atom stereocenters. The molecule has 1 aliphatic carbocycles. The second kappa shape index (κ2) is 8.60. The molecule has 1 aromatic heterocycles. The van der Waals surface area contributed by atoms with Gasteiger partial charge in [-0.25, -0.2) is 0 Å². The molecule has 154 valence electrons. The van der Waals surface area contributed by atoms with Gasteiger partial charge in [-0.15, -0.1) is 0 Å². The van der Waals surface area contributed by atoms with Gasteiger partial charge in [-0.2, -0.15) is 15.0 Å². The van der Waals surface area contributed by atoms with Crippen LogP contribution in [-0.4, -0.2) is 46.0 Å². The van der Waals surface area contributed by atoms with Gasteiger partial charge in [0.25, 0.3) is 0 Å². The first-order valence-electron chi connectivity index (χ1n) is 10.2. The number of anilines is 4. The van der Waals surface area contributed by atoms with Crippen molar-refractivity contribution in [3.63, 3.8) is 0 Å². The van der Waals surface area contributed by atoms with Crippen molar-refractivity contribution in [2.45, 2.75) is 51.1 Å². The molecule has 1 amide bonds. The molecule has 2 heterocycles. The predicted octanol–water partition coefficient (Wildman–Crippen LogP) is 2.15. The first-order chi connectivity index (χ1) is 14.1. The highest BCUT2D eigenvalue weighted by Gasteiger charge is 2.19. The van der Waals surface area contributed by atoms with Gasteiger partial charge in [0.05, 0.1) is 0 Å². The molecule has 9 nitrogen and oxygen atoms in total. The fraction of sp³-hybridized carbons (Fsp3) is 0.500. The maximum Gasteiger partial charge on any atom is 0.248 e. The number of nitrogens with one attached hydrogen (secondary N) is 4. The Balaban J connectivity index is 1.60. The molecule has 1 saturated carbocycles. The van der Waals surface area contributed by atoms with Crippen molar-refractivity contribution >= 4 is 29.4 Å². The van der Waals surface area contributed by atoms with Crippen LogP contribution in [0.25, 0.3) is 0 Å². The number of carbonyl (C=O) groups excluding carboxylic acids is 1. The Morgan fingerprint density at radius 2 is 1.72 bits per heavy atom. The molecule has 9 heteroatoms. The number of benzene rings is 1. The molecule has 4 rings (SSSR count). The number of nitrogens with two attached hydrogens (primary N) is 1. The number of aromatic nitrogens is 3. The van der Waals surface area contributed by atoms with Crippen LogP contribution in [0.4, 0.5) is 23.5 Å². The zero-order chi connectivity index (χ0) is 20.2. The highest BCUT2D eigenvalue weighted by Crippen LogP contribution is 2.24. The standard InChI is InChI=1S/C20H28N8O/c1-12-6-7-13(17(21)29)10-16(12)25-20-27-18(23-14-4-2-3-5-14)26-19(28-20)24-15-8-9-22-11-15/h6-7,10,14-15,22H,2-5,8-9,11H2,1H3,(H2,21,29)(H3,23,24,25,26,27,28)/t15-/m1/s1. The van der Waals surface area contributed by atoms with Gasteiger partial charge in [0.15, 0.2) is 0 Å². The summed E-state index contributed by atoms with van der Waals surface area (Å²) < 4.78 is 0. The average Bonchev–Trinajstić information content (AvgIpc) is 3.37. The largest absolute Gasteiger partial charge is 0.366 e. The Kier molecular flexibility index (Phi) is 5.75. The lowest BCUT2D eigenvalue weighted by Gasteiger charge is -2.17. The van der Waals surface area contributed by atoms with Crippen LogP contribution in [-0.2, 0) is 0 Å². The summed E-state index contributed by atoms with van der Waals surface area (Å²) >= 11 is 0. The summed E-state index contributed by atoms with van der Waals surface area (Å²) in [5.74, 6) is 1.06. The number of hydrogen-bond donors (Lipinski definition) is 5. The first kappa shape index (κ1) is 19.4. The summed E-state index contributed by atoms with van der Waals surface area (Å²) in [4.78, 5) is 25.2. The summed E-state index contributed by atoms with van der Waals surface area (Å²) in [7, 11) is 0. The van der Waals surface area contributed by atoms with E-state index in [1.54, 1.807) is 12.1 Å². The van der Waals surface area contributed by atoms with E-state index >= 15 is 0 Å². The number of amides is 1. The third-order valence-electron chi connectivity index (χ3n) is 5.49. The number of nitrogens with zero attached hydrogens (tertiary/aromatic N) is 3. The Morgan fingerprint density at radius 1 is 1.03 bits per heavy atom. The maximum atomic E-state index is 11.5. The van der Waals surface area contributed by atoms with Gasteiger partial charge in [-0.1, -0.05) is 18.9 Å². The summed E-state index contributed by atoms with van der Waals surface area (Å²) in [5.41, 5.74) is 7.57. The first-order valence-corrected chi connectivity index (χ1v) is 10.2. The van der Waals surface area contributed by atoms with E-state index in [0.717, 1.165) is 43.6 Å². The zero-order valence-electron chi connectivity index (χ0n) is 16.7. The van der Waals surface area contributed by atoms with E-state index in [1.165, 1.54) is 12.8 Å². The lowest BCUT2D eigenvalue weighted by Crippen LogP contribution is -2.25. The molecule has 2 aromatic rings. The molecule has 0 spiro atoms. The smallest absolute Gasteiger partial charge is 0.248 e. The minimum Gasteiger partial charge on any atom is -0.366 e. The summed E-state index contributed by atoms with van der Waals surface area (Å²) in [6.45, 7) is 3.83. The molecule has 2 fully saturated rings. The van der Waals surface area contributed by atoms with Crippen LogP contribution in [0.5, 0.6) is 0 Å². The van der Waals surface area contributed by atoms with Crippen molar-refractivity contribution in [1.82, 2.24) is 20.3 Å². The fourth-order valence-corrected chi connectivity index (χ4v) is 3.80. The van der Waals surface area contributed by atoms with Gasteiger partial charge in [-0.05, 0) is 50.4 Å². The molecular weight excluding hydrogens is 368 g/mol. The van der Waals surface area contributed by atoms with Gasteiger partial charge in [0, 0.05) is 29.9 Å². The average molecular weight is 396 g/mol. The fourth-order valence-electron chi connectivity index (χ4n) is 3.80. The van der Waals surface area contributed by atoms with Gasteiger partial charge in [0.1, 0.15) is 0 Å². The van der Waals surface area contributed by atoms with Crippen molar-refractivity contribution in [2.24, 2.45) is 5.73 Å². The Bertz CT molecular complexity index is 839. The summed E-state index contributed by atoms with van der Waals surface area (Å²) in [6.07, 6.45) is 5.74. The molecule has 1 aromatic carbocycles. The number of aryl methyl sites for hydroxylation is 1. The number of primary amides is 1. The van der Waals surface area contributed by atoms with E-state index < -0.39 is 5.91 Å². The third-order valence-corrected chi connectivity index (χ3v) is 5.49. The van der Waals surface area contributed by atoms with E-state index in [9.17, 15) is 4.79 Å². The van der Waals surface area contributed by atoms with Crippen LogP contribution >= 0.6 is 0 Å². The minimum absolute atomic E-state index is 0.296. The lowest BCUT2D eigenvalue weighted by atomic mass is 10.1. The van der Waals surface area contributed by atoms with Gasteiger partial charge < -0.3 is 27.0 Å². The topological polar surface area (TPSA) is 130 Å². The molecule has 2 aliphatic rings.